The molecule has 4 aromatic rings. The molecule has 0 saturated heterocycles. The molecule has 0 bridgehead atoms. The standard InChI is InChI=1S/C34H31OP/c1-27-18-23-33(29-12-6-3-7-13-29)34(26-27,25-24-28-19-21-30(35-2)22-20-28)36(31-14-8-4-9-15-31)32-16-10-5-11-17-32/h3-25H,26H2,1-2H3. The van der Waals surface area contributed by atoms with E-state index in [1.165, 1.54) is 32.9 Å². The second-order valence-corrected chi connectivity index (χ2v) is 11.7. The normalized spacial score (nSPS) is 17.6. The van der Waals surface area contributed by atoms with Gasteiger partial charge in [-0.25, -0.2) is 0 Å². The molecule has 0 aliphatic heterocycles. The van der Waals surface area contributed by atoms with E-state index in [2.05, 4.69) is 134 Å². The maximum atomic E-state index is 5.39. The first-order chi connectivity index (χ1) is 17.7. The van der Waals surface area contributed by atoms with Gasteiger partial charge >= 0.3 is 0 Å². The second kappa shape index (κ2) is 10.9. The molecule has 0 fully saturated rings. The molecule has 36 heavy (non-hydrogen) atoms. The van der Waals surface area contributed by atoms with Crippen molar-refractivity contribution < 1.29 is 4.74 Å². The van der Waals surface area contributed by atoms with Crippen LogP contribution in [0.15, 0.2) is 139 Å². The predicted octanol–water partition coefficient (Wildman–Crippen LogP) is 8.01. The monoisotopic (exact) mass is 486 g/mol. The van der Waals surface area contributed by atoms with Crippen LogP contribution in [0.2, 0.25) is 0 Å². The lowest BCUT2D eigenvalue weighted by Crippen LogP contribution is -2.36. The Labute approximate surface area is 216 Å². The Morgan fingerprint density at radius 3 is 1.81 bits per heavy atom. The molecule has 178 valence electrons. The molecule has 0 N–H and O–H groups in total. The molecule has 1 aliphatic carbocycles. The molecule has 0 heterocycles. The third kappa shape index (κ3) is 4.99. The van der Waals surface area contributed by atoms with Crippen LogP contribution in [-0.2, 0) is 0 Å². The summed E-state index contributed by atoms with van der Waals surface area (Å²) in [5.74, 6) is 0.874. The van der Waals surface area contributed by atoms with Gasteiger partial charge in [0.1, 0.15) is 5.75 Å². The molecule has 1 nitrogen and oxygen atoms in total. The van der Waals surface area contributed by atoms with Gasteiger partial charge in [-0.2, -0.15) is 0 Å². The summed E-state index contributed by atoms with van der Waals surface area (Å²) in [5.41, 5.74) is 5.22. The van der Waals surface area contributed by atoms with Crippen molar-refractivity contribution in [2.24, 2.45) is 0 Å². The zero-order chi connectivity index (χ0) is 24.8. The molecule has 0 radical (unpaired) electrons. The minimum atomic E-state index is -0.769. The summed E-state index contributed by atoms with van der Waals surface area (Å²) in [6, 6.07) is 41.3. The van der Waals surface area contributed by atoms with Crippen LogP contribution in [0.25, 0.3) is 11.6 Å². The average Bonchev–Trinajstić information content (AvgIpc) is 2.94. The Morgan fingerprint density at radius 1 is 0.694 bits per heavy atom. The fourth-order valence-electron chi connectivity index (χ4n) is 5.05. The average molecular weight is 487 g/mol. The molecule has 1 aliphatic rings. The van der Waals surface area contributed by atoms with Gasteiger partial charge in [-0.1, -0.05) is 133 Å². The highest BCUT2D eigenvalue weighted by Crippen LogP contribution is 2.60. The molecule has 2 heteroatoms. The number of hydrogen-bond donors (Lipinski definition) is 0. The van der Waals surface area contributed by atoms with E-state index in [0.29, 0.717) is 0 Å². The van der Waals surface area contributed by atoms with Crippen LogP contribution in [0.1, 0.15) is 24.5 Å². The third-order valence-corrected chi connectivity index (χ3v) is 9.70. The van der Waals surface area contributed by atoms with E-state index in [1.54, 1.807) is 7.11 Å². The SMILES string of the molecule is COc1ccc(C=CC2(P(c3ccccc3)c3ccccc3)CC(C)=CC=C2c2ccccc2)cc1. The van der Waals surface area contributed by atoms with Crippen LogP contribution >= 0.6 is 7.92 Å². The summed E-state index contributed by atoms with van der Waals surface area (Å²) in [6.45, 7) is 2.26. The summed E-state index contributed by atoms with van der Waals surface area (Å²) in [4.78, 5) is 0. The van der Waals surface area contributed by atoms with Gasteiger partial charge < -0.3 is 4.74 Å². The van der Waals surface area contributed by atoms with E-state index in [-0.39, 0.29) is 5.16 Å². The molecule has 0 spiro atoms. The van der Waals surface area contributed by atoms with Crippen molar-refractivity contribution in [2.45, 2.75) is 18.5 Å². The maximum Gasteiger partial charge on any atom is 0.118 e. The number of rotatable bonds is 7. The Hall–Kier alpha value is -3.67. The lowest BCUT2D eigenvalue weighted by Gasteiger charge is -2.44. The third-order valence-electron chi connectivity index (χ3n) is 6.73. The Kier molecular flexibility index (Phi) is 7.31. The maximum absolute atomic E-state index is 5.39. The molecular formula is C34H31OP. The van der Waals surface area contributed by atoms with Gasteiger partial charge in [0.15, 0.2) is 0 Å². The van der Waals surface area contributed by atoms with Crippen molar-refractivity contribution in [1.82, 2.24) is 0 Å². The van der Waals surface area contributed by atoms with Crippen LogP contribution in [0.5, 0.6) is 5.75 Å². The van der Waals surface area contributed by atoms with Crippen LogP contribution in [-0.4, -0.2) is 12.3 Å². The van der Waals surface area contributed by atoms with E-state index in [1.807, 2.05) is 12.1 Å². The van der Waals surface area contributed by atoms with Gasteiger partial charge in [0.2, 0.25) is 0 Å². The molecule has 5 rings (SSSR count). The van der Waals surface area contributed by atoms with E-state index < -0.39 is 7.92 Å². The molecular weight excluding hydrogens is 455 g/mol. The zero-order valence-electron chi connectivity index (χ0n) is 20.8. The lowest BCUT2D eigenvalue weighted by atomic mass is 9.82. The van der Waals surface area contributed by atoms with Crippen molar-refractivity contribution in [2.75, 3.05) is 7.11 Å². The van der Waals surface area contributed by atoms with E-state index in [0.717, 1.165) is 12.2 Å². The first kappa shape index (κ1) is 24.0. The van der Waals surface area contributed by atoms with Gasteiger partial charge in [0, 0.05) is 5.16 Å². The summed E-state index contributed by atoms with van der Waals surface area (Å²) < 4.78 is 5.39. The fourth-order valence-corrected chi connectivity index (χ4v) is 8.28. The minimum Gasteiger partial charge on any atom is -0.497 e. The highest BCUT2D eigenvalue weighted by Gasteiger charge is 2.43. The van der Waals surface area contributed by atoms with Gasteiger partial charge in [-0.15, -0.1) is 0 Å². The van der Waals surface area contributed by atoms with E-state index in [4.69, 9.17) is 4.74 Å². The summed E-state index contributed by atoms with van der Waals surface area (Å²) in [7, 11) is 0.940. The molecule has 0 amide bonds. The van der Waals surface area contributed by atoms with Gasteiger partial charge in [0.25, 0.3) is 0 Å². The van der Waals surface area contributed by atoms with Crippen molar-refractivity contribution in [3.63, 3.8) is 0 Å². The second-order valence-electron chi connectivity index (χ2n) is 9.17. The summed E-state index contributed by atoms with van der Waals surface area (Å²) in [5, 5.41) is 2.56. The predicted molar refractivity (Wildman–Crippen MR) is 157 cm³/mol. The van der Waals surface area contributed by atoms with Crippen LogP contribution in [0.3, 0.4) is 0 Å². The van der Waals surface area contributed by atoms with Crippen molar-refractivity contribution >= 4 is 30.2 Å². The first-order valence-corrected chi connectivity index (χ1v) is 13.7. The highest BCUT2D eigenvalue weighted by molar-refractivity contribution is 7.75. The molecule has 1 unspecified atom stereocenters. The number of ether oxygens (including phenoxy) is 1. The van der Waals surface area contributed by atoms with Crippen LogP contribution in [0.4, 0.5) is 0 Å². The van der Waals surface area contributed by atoms with E-state index in [9.17, 15) is 0 Å². The molecule has 1 atom stereocenters. The van der Waals surface area contributed by atoms with Crippen LogP contribution in [0, 0.1) is 0 Å². The molecule has 4 aromatic carbocycles. The molecule has 0 saturated carbocycles. The van der Waals surface area contributed by atoms with Gasteiger partial charge in [-0.3, -0.25) is 0 Å². The van der Waals surface area contributed by atoms with Crippen LogP contribution < -0.4 is 15.3 Å². The number of benzene rings is 4. The Morgan fingerprint density at radius 2 is 1.25 bits per heavy atom. The summed E-state index contributed by atoms with van der Waals surface area (Å²) >= 11 is 0. The Balaban J connectivity index is 1.75. The largest absolute Gasteiger partial charge is 0.497 e. The molecule has 0 aromatic heterocycles. The number of allylic oxidation sites excluding steroid dienone is 5. The quantitative estimate of drug-likeness (QED) is 0.240. The van der Waals surface area contributed by atoms with Crippen molar-refractivity contribution in [1.29, 1.82) is 0 Å². The minimum absolute atomic E-state index is 0.210. The lowest BCUT2D eigenvalue weighted by molar-refractivity contribution is 0.415. The van der Waals surface area contributed by atoms with E-state index >= 15 is 0 Å². The van der Waals surface area contributed by atoms with Crippen molar-refractivity contribution in [3.8, 4) is 5.75 Å². The fraction of sp³-hybridized carbons (Fsp3) is 0.118. The first-order valence-electron chi connectivity index (χ1n) is 12.4. The smallest absolute Gasteiger partial charge is 0.118 e. The summed E-state index contributed by atoms with van der Waals surface area (Å²) in [6.07, 6.45) is 10.4. The van der Waals surface area contributed by atoms with Gasteiger partial charge in [-0.05, 0) is 60.7 Å². The zero-order valence-corrected chi connectivity index (χ0v) is 21.7. The topological polar surface area (TPSA) is 9.23 Å². The number of hydrogen-bond acceptors (Lipinski definition) is 1. The van der Waals surface area contributed by atoms with Gasteiger partial charge in [0.05, 0.1) is 7.11 Å². The van der Waals surface area contributed by atoms with Crippen molar-refractivity contribution in [3.05, 3.63) is 150 Å². The number of methoxy groups -OCH3 is 1. The highest BCUT2D eigenvalue weighted by atomic mass is 31.1. The Bertz CT molecular complexity index is 1330.